The van der Waals surface area contributed by atoms with E-state index in [9.17, 15) is 0 Å². The van der Waals surface area contributed by atoms with Crippen molar-refractivity contribution >= 4 is 0 Å². The Labute approximate surface area is 125 Å². The molecule has 0 bridgehead atoms. The maximum Gasteiger partial charge on any atom is 0.184 e. The van der Waals surface area contributed by atoms with Crippen molar-refractivity contribution < 1.29 is 14.2 Å². The summed E-state index contributed by atoms with van der Waals surface area (Å²) in [5, 5.41) is 0. The Morgan fingerprint density at radius 1 is 1.05 bits per heavy atom. The van der Waals surface area contributed by atoms with Crippen molar-refractivity contribution in [3.63, 3.8) is 0 Å². The van der Waals surface area contributed by atoms with E-state index in [4.69, 9.17) is 14.2 Å². The lowest BCUT2D eigenvalue weighted by atomic mass is 10.1. The molecule has 1 aliphatic heterocycles. The number of ether oxygens (including phenoxy) is 3. The number of hydrogen-bond donors (Lipinski definition) is 0. The van der Waals surface area contributed by atoms with Crippen molar-refractivity contribution in [2.24, 2.45) is 0 Å². The Balaban J connectivity index is 1.75. The summed E-state index contributed by atoms with van der Waals surface area (Å²) >= 11 is 0. The third-order valence-electron chi connectivity index (χ3n) is 3.64. The van der Waals surface area contributed by atoms with Crippen LogP contribution in [0.4, 0.5) is 0 Å². The van der Waals surface area contributed by atoms with E-state index < -0.39 is 0 Å². The SMILES string of the molecule is Cc1ccc(OCc2ccccc2C2OCCO2)c(C)c1. The molecule has 0 spiro atoms. The third-order valence-corrected chi connectivity index (χ3v) is 3.64. The van der Waals surface area contributed by atoms with Crippen LogP contribution < -0.4 is 4.74 Å². The van der Waals surface area contributed by atoms with Crippen molar-refractivity contribution in [1.82, 2.24) is 0 Å². The van der Waals surface area contributed by atoms with Gasteiger partial charge in [0.1, 0.15) is 12.4 Å². The van der Waals surface area contributed by atoms with Gasteiger partial charge in [-0.15, -0.1) is 0 Å². The van der Waals surface area contributed by atoms with E-state index in [2.05, 4.69) is 32.0 Å². The highest BCUT2D eigenvalue weighted by molar-refractivity contribution is 5.36. The molecular weight excluding hydrogens is 264 g/mol. The van der Waals surface area contributed by atoms with Crippen LogP contribution in [-0.2, 0) is 16.1 Å². The van der Waals surface area contributed by atoms with Crippen LogP contribution in [0, 0.1) is 13.8 Å². The molecule has 0 aliphatic carbocycles. The molecular formula is C18H20O3. The van der Waals surface area contributed by atoms with Gasteiger partial charge in [0.25, 0.3) is 0 Å². The summed E-state index contributed by atoms with van der Waals surface area (Å²) in [5.74, 6) is 0.920. The molecule has 1 aliphatic rings. The van der Waals surface area contributed by atoms with Crippen LogP contribution in [0.25, 0.3) is 0 Å². The van der Waals surface area contributed by atoms with Gasteiger partial charge < -0.3 is 14.2 Å². The third kappa shape index (κ3) is 3.26. The fourth-order valence-electron chi connectivity index (χ4n) is 2.55. The molecule has 0 amide bonds. The second-order valence-corrected chi connectivity index (χ2v) is 5.33. The van der Waals surface area contributed by atoms with Crippen molar-refractivity contribution in [1.29, 1.82) is 0 Å². The Kier molecular flexibility index (Phi) is 4.23. The molecule has 3 heteroatoms. The fourth-order valence-corrected chi connectivity index (χ4v) is 2.55. The quantitative estimate of drug-likeness (QED) is 0.851. The van der Waals surface area contributed by atoms with E-state index in [-0.39, 0.29) is 6.29 Å². The lowest BCUT2D eigenvalue weighted by Crippen LogP contribution is -2.06. The molecule has 1 heterocycles. The van der Waals surface area contributed by atoms with Gasteiger partial charge in [-0.3, -0.25) is 0 Å². The Hall–Kier alpha value is -1.84. The van der Waals surface area contributed by atoms with Gasteiger partial charge in [-0.1, -0.05) is 42.0 Å². The minimum Gasteiger partial charge on any atom is -0.489 e. The smallest absolute Gasteiger partial charge is 0.184 e. The van der Waals surface area contributed by atoms with Crippen molar-refractivity contribution in [3.05, 3.63) is 64.7 Å². The zero-order valence-corrected chi connectivity index (χ0v) is 12.5. The van der Waals surface area contributed by atoms with Crippen LogP contribution in [0.1, 0.15) is 28.5 Å². The molecule has 0 aromatic heterocycles. The number of rotatable bonds is 4. The highest BCUT2D eigenvalue weighted by atomic mass is 16.7. The fraction of sp³-hybridized carbons (Fsp3) is 0.333. The Morgan fingerprint density at radius 3 is 2.57 bits per heavy atom. The van der Waals surface area contributed by atoms with Crippen LogP contribution in [0.2, 0.25) is 0 Å². The highest BCUT2D eigenvalue weighted by Gasteiger charge is 2.21. The summed E-state index contributed by atoms with van der Waals surface area (Å²) in [4.78, 5) is 0. The molecule has 0 unspecified atom stereocenters. The van der Waals surface area contributed by atoms with Crippen LogP contribution in [-0.4, -0.2) is 13.2 Å². The lowest BCUT2D eigenvalue weighted by Gasteiger charge is -2.16. The van der Waals surface area contributed by atoms with Crippen molar-refractivity contribution in [2.75, 3.05) is 13.2 Å². The largest absolute Gasteiger partial charge is 0.489 e. The summed E-state index contributed by atoms with van der Waals surface area (Å²) in [7, 11) is 0. The average Bonchev–Trinajstić information content (AvgIpc) is 3.01. The minimum absolute atomic E-state index is 0.260. The normalized spacial score (nSPS) is 15.3. The first-order chi connectivity index (χ1) is 10.2. The van der Waals surface area contributed by atoms with Gasteiger partial charge in [0.2, 0.25) is 0 Å². The standard InChI is InChI=1S/C18H20O3/c1-13-7-8-17(14(2)11-13)21-12-15-5-3-4-6-16(15)18-19-9-10-20-18/h3-8,11,18H,9-10,12H2,1-2H3. The van der Waals surface area contributed by atoms with E-state index >= 15 is 0 Å². The average molecular weight is 284 g/mol. The monoisotopic (exact) mass is 284 g/mol. The topological polar surface area (TPSA) is 27.7 Å². The van der Waals surface area contributed by atoms with Crippen LogP contribution in [0.15, 0.2) is 42.5 Å². The maximum absolute atomic E-state index is 5.97. The molecule has 0 atom stereocenters. The van der Waals surface area contributed by atoms with Crippen LogP contribution in [0.5, 0.6) is 5.75 Å². The predicted octanol–water partition coefficient (Wildman–Crippen LogP) is 3.93. The summed E-state index contributed by atoms with van der Waals surface area (Å²) in [5.41, 5.74) is 4.55. The van der Waals surface area contributed by atoms with Gasteiger partial charge in [0.15, 0.2) is 6.29 Å². The molecule has 0 N–H and O–H groups in total. The molecule has 3 rings (SSSR count). The van der Waals surface area contributed by atoms with Gasteiger partial charge >= 0.3 is 0 Å². The zero-order valence-electron chi connectivity index (χ0n) is 12.5. The van der Waals surface area contributed by atoms with Gasteiger partial charge in [-0.25, -0.2) is 0 Å². The van der Waals surface area contributed by atoms with Gasteiger partial charge in [0, 0.05) is 5.56 Å². The lowest BCUT2D eigenvalue weighted by molar-refractivity contribution is -0.0451. The van der Waals surface area contributed by atoms with Crippen LogP contribution >= 0.6 is 0 Å². The van der Waals surface area contributed by atoms with E-state index in [1.807, 2.05) is 24.3 Å². The minimum atomic E-state index is -0.260. The molecule has 110 valence electrons. The second kappa shape index (κ2) is 6.29. The number of aryl methyl sites for hydroxylation is 2. The molecule has 0 saturated carbocycles. The first-order valence-electron chi connectivity index (χ1n) is 7.25. The molecule has 2 aromatic rings. The summed E-state index contributed by atoms with van der Waals surface area (Å²) in [6, 6.07) is 14.3. The highest BCUT2D eigenvalue weighted by Crippen LogP contribution is 2.27. The maximum atomic E-state index is 5.97. The van der Waals surface area contributed by atoms with E-state index in [1.54, 1.807) is 0 Å². The van der Waals surface area contributed by atoms with E-state index in [1.165, 1.54) is 5.56 Å². The zero-order chi connectivity index (χ0) is 14.7. The van der Waals surface area contributed by atoms with E-state index in [0.29, 0.717) is 19.8 Å². The second-order valence-electron chi connectivity index (χ2n) is 5.33. The molecule has 21 heavy (non-hydrogen) atoms. The van der Waals surface area contributed by atoms with Gasteiger partial charge in [-0.05, 0) is 31.0 Å². The molecule has 3 nitrogen and oxygen atoms in total. The number of benzene rings is 2. The predicted molar refractivity (Wildman–Crippen MR) is 81.3 cm³/mol. The Morgan fingerprint density at radius 2 is 1.81 bits per heavy atom. The van der Waals surface area contributed by atoms with E-state index in [0.717, 1.165) is 22.4 Å². The molecule has 2 aromatic carbocycles. The molecule has 1 saturated heterocycles. The molecule has 0 radical (unpaired) electrons. The Bertz CT molecular complexity index is 616. The summed E-state index contributed by atoms with van der Waals surface area (Å²) in [6.07, 6.45) is -0.260. The number of hydrogen-bond acceptors (Lipinski definition) is 3. The summed E-state index contributed by atoms with van der Waals surface area (Å²) in [6.45, 7) is 5.97. The van der Waals surface area contributed by atoms with Crippen molar-refractivity contribution in [2.45, 2.75) is 26.7 Å². The van der Waals surface area contributed by atoms with Gasteiger partial charge in [0.05, 0.1) is 13.2 Å². The van der Waals surface area contributed by atoms with Crippen molar-refractivity contribution in [3.8, 4) is 5.75 Å². The first-order valence-corrected chi connectivity index (χ1v) is 7.25. The molecule has 1 fully saturated rings. The van der Waals surface area contributed by atoms with Crippen LogP contribution in [0.3, 0.4) is 0 Å². The summed E-state index contributed by atoms with van der Waals surface area (Å²) < 4.78 is 17.2. The first kappa shape index (κ1) is 14.1. The van der Waals surface area contributed by atoms with Gasteiger partial charge in [-0.2, -0.15) is 0 Å².